The fraction of sp³-hybridized carbons (Fsp3) is 0.0435. The Bertz CT molecular complexity index is 956. The van der Waals surface area contributed by atoms with Crippen LogP contribution < -0.4 is 9.47 Å². The summed E-state index contributed by atoms with van der Waals surface area (Å²) in [5.74, 6) is 0.0973. The second kappa shape index (κ2) is 8.15. The van der Waals surface area contributed by atoms with Crippen LogP contribution in [-0.4, -0.2) is 11.9 Å². The lowest BCUT2D eigenvalue weighted by Crippen LogP contribution is -2.08. The van der Waals surface area contributed by atoms with Gasteiger partial charge in [0.25, 0.3) is 0 Å². The molecule has 0 bridgehead atoms. The highest BCUT2D eigenvalue weighted by Gasteiger charge is 2.09. The summed E-state index contributed by atoms with van der Waals surface area (Å²) in [6, 6.07) is 23.2. The Labute approximate surface area is 157 Å². The first-order valence-corrected chi connectivity index (χ1v) is 8.38. The maximum absolute atomic E-state index is 12.2. The summed E-state index contributed by atoms with van der Waals surface area (Å²) in [6.45, 7) is 5.15. The van der Waals surface area contributed by atoms with Gasteiger partial charge >= 0.3 is 11.9 Å². The van der Waals surface area contributed by atoms with Crippen molar-refractivity contribution < 1.29 is 19.1 Å². The zero-order valence-electron chi connectivity index (χ0n) is 14.8. The Balaban J connectivity index is 1.69. The van der Waals surface area contributed by atoms with Crippen molar-refractivity contribution in [2.45, 2.75) is 6.92 Å². The van der Waals surface area contributed by atoms with Crippen LogP contribution in [0.25, 0.3) is 11.1 Å². The molecule has 0 N–H and O–H groups in total. The van der Waals surface area contributed by atoms with E-state index in [1.807, 2.05) is 42.5 Å². The average Bonchev–Trinajstić information content (AvgIpc) is 2.69. The lowest BCUT2D eigenvalue weighted by molar-refractivity contribution is -0.130. The van der Waals surface area contributed by atoms with Crippen LogP contribution in [0.4, 0.5) is 0 Å². The highest BCUT2D eigenvalue weighted by molar-refractivity contribution is 5.91. The maximum Gasteiger partial charge on any atom is 0.343 e. The first kappa shape index (κ1) is 18.1. The van der Waals surface area contributed by atoms with E-state index in [1.165, 1.54) is 0 Å². The van der Waals surface area contributed by atoms with Crippen LogP contribution in [0.3, 0.4) is 0 Å². The van der Waals surface area contributed by atoms with Gasteiger partial charge in [-0.1, -0.05) is 49.0 Å². The highest BCUT2D eigenvalue weighted by Crippen LogP contribution is 2.23. The highest BCUT2D eigenvalue weighted by atomic mass is 16.5. The van der Waals surface area contributed by atoms with Gasteiger partial charge in [-0.3, -0.25) is 0 Å². The van der Waals surface area contributed by atoms with Crippen molar-refractivity contribution in [3.63, 3.8) is 0 Å². The number of para-hydroxylation sites is 1. The molecular weight excluding hydrogens is 340 g/mol. The molecule has 0 aromatic heterocycles. The van der Waals surface area contributed by atoms with Crippen molar-refractivity contribution >= 4 is 11.9 Å². The van der Waals surface area contributed by atoms with Crippen LogP contribution in [0, 0.1) is 0 Å². The predicted octanol–water partition coefficient (Wildman–Crippen LogP) is 5.05. The van der Waals surface area contributed by atoms with E-state index in [9.17, 15) is 9.59 Å². The summed E-state index contributed by atoms with van der Waals surface area (Å²) in [4.78, 5) is 23.7. The summed E-state index contributed by atoms with van der Waals surface area (Å²) in [5, 5.41) is 0. The Morgan fingerprint density at radius 2 is 1.22 bits per heavy atom. The summed E-state index contributed by atoms with van der Waals surface area (Å²) in [7, 11) is 0. The largest absolute Gasteiger partial charge is 0.423 e. The molecule has 3 aromatic carbocycles. The Morgan fingerprint density at radius 1 is 0.704 bits per heavy atom. The second-order valence-electron chi connectivity index (χ2n) is 5.97. The van der Waals surface area contributed by atoms with E-state index < -0.39 is 11.9 Å². The van der Waals surface area contributed by atoms with Gasteiger partial charge in [-0.25, -0.2) is 9.59 Å². The van der Waals surface area contributed by atoms with E-state index in [0.29, 0.717) is 22.6 Å². The van der Waals surface area contributed by atoms with Gasteiger partial charge in [0, 0.05) is 5.57 Å². The third-order valence-electron chi connectivity index (χ3n) is 3.82. The Hall–Kier alpha value is -3.66. The quantitative estimate of drug-likeness (QED) is 0.364. The van der Waals surface area contributed by atoms with Crippen molar-refractivity contribution in [2.24, 2.45) is 0 Å². The molecular formula is C23H18O4. The number of hydrogen-bond donors (Lipinski definition) is 0. The molecule has 4 heteroatoms. The van der Waals surface area contributed by atoms with Crippen molar-refractivity contribution in [1.82, 2.24) is 0 Å². The molecule has 0 amide bonds. The zero-order valence-corrected chi connectivity index (χ0v) is 14.8. The van der Waals surface area contributed by atoms with Crippen molar-refractivity contribution in [1.29, 1.82) is 0 Å². The van der Waals surface area contributed by atoms with E-state index >= 15 is 0 Å². The first-order valence-electron chi connectivity index (χ1n) is 8.38. The van der Waals surface area contributed by atoms with Crippen LogP contribution in [-0.2, 0) is 4.79 Å². The monoisotopic (exact) mass is 358 g/mol. The fourth-order valence-corrected chi connectivity index (χ4v) is 2.36. The molecule has 0 aliphatic rings. The average molecular weight is 358 g/mol. The fourth-order valence-electron chi connectivity index (χ4n) is 2.36. The smallest absolute Gasteiger partial charge is 0.343 e. The Kier molecular flexibility index (Phi) is 5.47. The number of carbonyl (C=O) groups is 2. The molecule has 0 atom stereocenters. The van der Waals surface area contributed by atoms with Crippen LogP contribution >= 0.6 is 0 Å². The summed E-state index contributed by atoms with van der Waals surface area (Å²) < 4.78 is 10.5. The van der Waals surface area contributed by atoms with E-state index in [2.05, 4.69) is 6.58 Å². The molecule has 0 radical (unpaired) electrons. The van der Waals surface area contributed by atoms with E-state index in [-0.39, 0.29) is 0 Å². The normalized spacial score (nSPS) is 10.1. The molecule has 3 aromatic rings. The number of benzene rings is 3. The second-order valence-corrected chi connectivity index (χ2v) is 5.97. The first-order chi connectivity index (χ1) is 13.0. The van der Waals surface area contributed by atoms with Gasteiger partial charge in [0.15, 0.2) is 0 Å². The zero-order chi connectivity index (χ0) is 19.2. The minimum Gasteiger partial charge on any atom is -0.423 e. The standard InChI is InChI=1S/C23H18O4/c1-16(2)22(24)26-21-14-12-18(13-15-21)17-8-10-19(11-9-17)23(25)27-20-6-4-3-5-7-20/h3-15H,1H2,2H3. The lowest BCUT2D eigenvalue weighted by Gasteiger charge is -2.07. The van der Waals surface area contributed by atoms with Crippen LogP contribution in [0.5, 0.6) is 11.5 Å². The predicted molar refractivity (Wildman–Crippen MR) is 104 cm³/mol. The molecule has 4 nitrogen and oxygen atoms in total. The Morgan fingerprint density at radius 3 is 1.78 bits per heavy atom. The summed E-state index contributed by atoms with van der Waals surface area (Å²) >= 11 is 0. The number of ether oxygens (including phenoxy) is 2. The molecule has 0 unspecified atom stereocenters. The van der Waals surface area contributed by atoms with Gasteiger partial charge < -0.3 is 9.47 Å². The van der Waals surface area contributed by atoms with E-state index in [0.717, 1.165) is 11.1 Å². The number of carbonyl (C=O) groups excluding carboxylic acids is 2. The molecule has 134 valence electrons. The lowest BCUT2D eigenvalue weighted by atomic mass is 10.0. The molecule has 3 rings (SSSR count). The summed E-state index contributed by atoms with van der Waals surface area (Å²) in [5.41, 5.74) is 2.68. The van der Waals surface area contributed by atoms with Crippen molar-refractivity contribution in [3.8, 4) is 22.6 Å². The SMILES string of the molecule is C=C(C)C(=O)Oc1ccc(-c2ccc(C(=O)Oc3ccccc3)cc2)cc1. The van der Waals surface area contributed by atoms with Crippen LogP contribution in [0.15, 0.2) is 91.0 Å². The van der Waals surface area contributed by atoms with Gasteiger partial charge in [-0.05, 0) is 54.4 Å². The third-order valence-corrected chi connectivity index (χ3v) is 3.82. The number of esters is 2. The van der Waals surface area contributed by atoms with Gasteiger partial charge in [0.05, 0.1) is 5.56 Å². The molecule has 0 heterocycles. The molecule has 0 spiro atoms. The molecule has 0 fully saturated rings. The van der Waals surface area contributed by atoms with Crippen LogP contribution in [0.2, 0.25) is 0 Å². The molecule has 0 aliphatic carbocycles. The number of rotatable bonds is 5. The van der Waals surface area contributed by atoms with E-state index in [1.54, 1.807) is 43.3 Å². The van der Waals surface area contributed by atoms with Gasteiger partial charge in [0.2, 0.25) is 0 Å². The molecule has 0 saturated heterocycles. The van der Waals surface area contributed by atoms with Crippen LogP contribution in [0.1, 0.15) is 17.3 Å². The summed E-state index contributed by atoms with van der Waals surface area (Å²) in [6.07, 6.45) is 0. The number of hydrogen-bond acceptors (Lipinski definition) is 4. The van der Waals surface area contributed by atoms with Crippen molar-refractivity contribution in [2.75, 3.05) is 0 Å². The van der Waals surface area contributed by atoms with Gasteiger partial charge in [-0.15, -0.1) is 0 Å². The molecule has 0 aliphatic heterocycles. The maximum atomic E-state index is 12.2. The molecule has 27 heavy (non-hydrogen) atoms. The topological polar surface area (TPSA) is 52.6 Å². The molecule has 0 saturated carbocycles. The van der Waals surface area contributed by atoms with Gasteiger partial charge in [0.1, 0.15) is 11.5 Å². The van der Waals surface area contributed by atoms with Gasteiger partial charge in [-0.2, -0.15) is 0 Å². The van der Waals surface area contributed by atoms with Crippen molar-refractivity contribution in [3.05, 3.63) is 96.6 Å². The van der Waals surface area contributed by atoms with E-state index in [4.69, 9.17) is 9.47 Å². The minimum absolute atomic E-state index is 0.344. The minimum atomic E-state index is -0.455. The third kappa shape index (κ3) is 4.70.